The molecule has 0 radical (unpaired) electrons. The molecule has 4 aromatic rings. The molecular formula is C28H27ClN4OS. The van der Waals surface area contributed by atoms with Crippen LogP contribution in [-0.2, 0) is 0 Å². The van der Waals surface area contributed by atoms with Gasteiger partial charge >= 0.3 is 0 Å². The minimum atomic E-state index is -0.131. The molecule has 0 bridgehead atoms. The van der Waals surface area contributed by atoms with E-state index in [9.17, 15) is 0 Å². The van der Waals surface area contributed by atoms with Crippen molar-refractivity contribution in [1.82, 2.24) is 14.9 Å². The van der Waals surface area contributed by atoms with Crippen LogP contribution >= 0.6 is 23.8 Å². The Kier molecular flexibility index (Phi) is 6.26. The van der Waals surface area contributed by atoms with Gasteiger partial charge in [0.2, 0.25) is 0 Å². The average molecular weight is 503 g/mol. The van der Waals surface area contributed by atoms with Gasteiger partial charge in [-0.15, -0.1) is 0 Å². The summed E-state index contributed by atoms with van der Waals surface area (Å²) in [5.74, 6) is 0.629. The fourth-order valence-corrected chi connectivity index (χ4v) is 5.74. The molecule has 1 N–H and O–H groups in total. The number of aromatic nitrogens is 2. The summed E-state index contributed by atoms with van der Waals surface area (Å²) in [6.45, 7) is 6.54. The third kappa shape index (κ3) is 3.97. The summed E-state index contributed by atoms with van der Waals surface area (Å²) in [6, 6.07) is 22.0. The predicted octanol–water partition coefficient (Wildman–Crippen LogP) is 6.64. The summed E-state index contributed by atoms with van der Waals surface area (Å²) in [5.41, 5.74) is 7.81. The number of methoxy groups -OCH3 is 1. The number of nitrogens with one attached hydrogen (secondary N) is 1. The van der Waals surface area contributed by atoms with E-state index in [4.69, 9.17) is 28.6 Å². The van der Waals surface area contributed by atoms with E-state index < -0.39 is 0 Å². The number of nitrogens with zero attached hydrogens (tertiary/aromatic N) is 3. The Morgan fingerprint density at radius 2 is 1.69 bits per heavy atom. The molecule has 7 heteroatoms. The molecule has 0 unspecified atom stereocenters. The summed E-state index contributed by atoms with van der Waals surface area (Å²) < 4.78 is 7.71. The van der Waals surface area contributed by atoms with Gasteiger partial charge in [0.1, 0.15) is 5.75 Å². The van der Waals surface area contributed by atoms with Gasteiger partial charge in [-0.3, -0.25) is 4.98 Å². The maximum Gasteiger partial charge on any atom is 0.174 e. The van der Waals surface area contributed by atoms with Crippen molar-refractivity contribution < 1.29 is 4.74 Å². The molecule has 178 valence electrons. The zero-order valence-electron chi connectivity index (χ0n) is 20.1. The Labute approximate surface area is 216 Å². The summed E-state index contributed by atoms with van der Waals surface area (Å²) in [4.78, 5) is 6.85. The quantitative estimate of drug-likeness (QED) is 0.310. The number of ether oxygens (including phenoxy) is 1. The van der Waals surface area contributed by atoms with Crippen molar-refractivity contribution in [3.63, 3.8) is 0 Å². The molecule has 0 saturated carbocycles. The molecule has 2 aromatic heterocycles. The highest BCUT2D eigenvalue weighted by atomic mass is 35.5. The van der Waals surface area contributed by atoms with Crippen molar-refractivity contribution >= 4 is 34.6 Å². The number of pyridine rings is 1. The summed E-state index contributed by atoms with van der Waals surface area (Å²) in [5, 5.41) is 4.73. The summed E-state index contributed by atoms with van der Waals surface area (Å²) >= 11 is 12.4. The number of rotatable bonds is 5. The first kappa shape index (κ1) is 23.4. The number of hydrogen-bond donors (Lipinski definition) is 1. The van der Waals surface area contributed by atoms with Crippen molar-refractivity contribution in [1.29, 1.82) is 0 Å². The minimum absolute atomic E-state index is 0.120. The molecule has 1 saturated heterocycles. The number of benzene rings is 2. The minimum Gasteiger partial charge on any atom is -0.495 e. The van der Waals surface area contributed by atoms with E-state index in [2.05, 4.69) is 64.8 Å². The van der Waals surface area contributed by atoms with Crippen LogP contribution in [0.25, 0.3) is 5.69 Å². The lowest BCUT2D eigenvalue weighted by Gasteiger charge is -2.29. The Balaban J connectivity index is 1.72. The van der Waals surface area contributed by atoms with Crippen LogP contribution in [0.2, 0.25) is 5.02 Å². The van der Waals surface area contributed by atoms with Crippen LogP contribution in [0.3, 0.4) is 0 Å². The maximum atomic E-state index is 6.54. The van der Waals surface area contributed by atoms with E-state index in [-0.39, 0.29) is 12.1 Å². The topological polar surface area (TPSA) is 42.3 Å². The van der Waals surface area contributed by atoms with Crippen LogP contribution in [0.5, 0.6) is 5.75 Å². The summed E-state index contributed by atoms with van der Waals surface area (Å²) in [7, 11) is 1.62. The molecule has 0 aliphatic carbocycles. The second kappa shape index (κ2) is 9.36. The molecule has 5 rings (SSSR count). The summed E-state index contributed by atoms with van der Waals surface area (Å²) in [6.07, 6.45) is 1.82. The fourth-order valence-electron chi connectivity index (χ4n) is 5.14. The van der Waals surface area contributed by atoms with Crippen LogP contribution in [0, 0.1) is 20.8 Å². The first-order chi connectivity index (χ1) is 16.9. The number of hydrogen-bond acceptors (Lipinski definition) is 3. The molecule has 2 atom stereocenters. The van der Waals surface area contributed by atoms with Crippen LogP contribution in [0.1, 0.15) is 40.3 Å². The molecule has 3 heterocycles. The van der Waals surface area contributed by atoms with E-state index >= 15 is 0 Å². The third-order valence-electron chi connectivity index (χ3n) is 6.83. The van der Waals surface area contributed by atoms with Crippen LogP contribution in [0.15, 0.2) is 72.9 Å². The maximum absolute atomic E-state index is 6.54. The zero-order valence-corrected chi connectivity index (χ0v) is 21.7. The molecular weight excluding hydrogens is 476 g/mol. The molecule has 1 aliphatic rings. The standard InChI is InChI=1S/C28H27ClN4OS/c1-17-18(2)32(20-10-6-5-7-11-20)19(3)25(17)27-26(23-12-8-9-15-30-23)31-28(35)33(27)21-13-14-24(34-4)22(29)16-21/h5-16,26-27H,1-4H3,(H,31,35)/t26-,27+/m1/s1. The Morgan fingerprint density at radius 3 is 2.34 bits per heavy atom. The van der Waals surface area contributed by atoms with Gasteiger partial charge in [-0.2, -0.15) is 0 Å². The van der Waals surface area contributed by atoms with E-state index in [0.29, 0.717) is 15.9 Å². The first-order valence-corrected chi connectivity index (χ1v) is 12.3. The Bertz CT molecular complexity index is 1390. The normalized spacial score (nSPS) is 17.5. The van der Waals surface area contributed by atoms with Gasteiger partial charge in [0.05, 0.1) is 29.9 Å². The molecule has 1 aliphatic heterocycles. The van der Waals surface area contributed by atoms with Gasteiger partial charge in [0.15, 0.2) is 5.11 Å². The van der Waals surface area contributed by atoms with Crippen LogP contribution < -0.4 is 15.0 Å². The molecule has 0 spiro atoms. The zero-order chi connectivity index (χ0) is 24.7. The van der Waals surface area contributed by atoms with Gasteiger partial charge in [-0.25, -0.2) is 0 Å². The van der Waals surface area contributed by atoms with Crippen LogP contribution in [0.4, 0.5) is 5.69 Å². The van der Waals surface area contributed by atoms with Gasteiger partial charge in [0.25, 0.3) is 0 Å². The van der Waals surface area contributed by atoms with Crippen molar-refractivity contribution in [3.05, 3.63) is 106 Å². The second-order valence-corrected chi connectivity index (χ2v) is 9.49. The number of halogens is 1. The second-order valence-electron chi connectivity index (χ2n) is 8.70. The highest BCUT2D eigenvalue weighted by Gasteiger charge is 2.43. The molecule has 2 aromatic carbocycles. The van der Waals surface area contributed by atoms with Crippen molar-refractivity contribution in [2.24, 2.45) is 0 Å². The largest absolute Gasteiger partial charge is 0.495 e. The van der Waals surface area contributed by atoms with Gasteiger partial charge in [-0.1, -0.05) is 35.9 Å². The van der Waals surface area contributed by atoms with Crippen molar-refractivity contribution in [3.8, 4) is 11.4 Å². The monoisotopic (exact) mass is 502 g/mol. The highest BCUT2D eigenvalue weighted by Crippen LogP contribution is 2.46. The smallest absolute Gasteiger partial charge is 0.174 e. The number of para-hydroxylation sites is 1. The van der Waals surface area contributed by atoms with Crippen molar-refractivity contribution in [2.75, 3.05) is 12.0 Å². The third-order valence-corrected chi connectivity index (χ3v) is 7.44. The SMILES string of the molecule is COc1ccc(N2C(=S)N[C@H](c3ccccn3)[C@@H]2c2c(C)c(C)n(-c3ccccc3)c2C)cc1Cl. The molecule has 5 nitrogen and oxygen atoms in total. The lowest BCUT2D eigenvalue weighted by Crippen LogP contribution is -2.29. The van der Waals surface area contributed by atoms with E-state index in [0.717, 1.165) is 17.1 Å². The van der Waals surface area contributed by atoms with E-state index in [1.54, 1.807) is 7.11 Å². The molecule has 1 fully saturated rings. The van der Waals surface area contributed by atoms with Gasteiger partial charge in [0, 0.05) is 34.5 Å². The Hall–Kier alpha value is -3.35. The van der Waals surface area contributed by atoms with E-state index in [1.807, 2.05) is 48.7 Å². The molecule has 35 heavy (non-hydrogen) atoms. The number of thiocarbonyl (C=S) groups is 1. The van der Waals surface area contributed by atoms with Gasteiger partial charge in [-0.05, 0) is 81.0 Å². The lowest BCUT2D eigenvalue weighted by atomic mass is 9.93. The Morgan fingerprint density at radius 1 is 0.943 bits per heavy atom. The van der Waals surface area contributed by atoms with E-state index in [1.165, 1.54) is 22.5 Å². The predicted molar refractivity (Wildman–Crippen MR) is 146 cm³/mol. The fraction of sp³-hybridized carbons (Fsp3) is 0.214. The lowest BCUT2D eigenvalue weighted by molar-refractivity contribution is 0.415. The highest BCUT2D eigenvalue weighted by molar-refractivity contribution is 7.80. The van der Waals surface area contributed by atoms with Gasteiger partial charge < -0.3 is 19.5 Å². The molecule has 0 amide bonds. The average Bonchev–Trinajstić information content (AvgIpc) is 3.32. The van der Waals surface area contributed by atoms with Crippen LogP contribution in [-0.4, -0.2) is 21.8 Å². The number of anilines is 1. The van der Waals surface area contributed by atoms with Crippen molar-refractivity contribution in [2.45, 2.75) is 32.9 Å². The first-order valence-electron chi connectivity index (χ1n) is 11.5.